The van der Waals surface area contributed by atoms with E-state index in [4.69, 9.17) is 17.3 Å². The number of rotatable bonds is 5. The van der Waals surface area contributed by atoms with Gasteiger partial charge in [0.1, 0.15) is 0 Å². The van der Waals surface area contributed by atoms with E-state index in [0.29, 0.717) is 17.5 Å². The quantitative estimate of drug-likeness (QED) is 0.363. The van der Waals surface area contributed by atoms with Crippen LogP contribution in [0.3, 0.4) is 0 Å². The highest BCUT2D eigenvalue weighted by atomic mass is 127. The van der Waals surface area contributed by atoms with Crippen LogP contribution in [0.25, 0.3) is 0 Å². The summed E-state index contributed by atoms with van der Waals surface area (Å²) in [7, 11) is 0. The van der Waals surface area contributed by atoms with Crippen LogP contribution in [0.5, 0.6) is 0 Å². The number of nitrogens with one attached hydrogen (secondary N) is 1. The van der Waals surface area contributed by atoms with Gasteiger partial charge in [-0.2, -0.15) is 0 Å². The highest BCUT2D eigenvalue weighted by Gasteiger charge is 1.94. The molecule has 0 aromatic carbocycles. The summed E-state index contributed by atoms with van der Waals surface area (Å²) < 4.78 is 0. The van der Waals surface area contributed by atoms with Crippen LogP contribution in [0.2, 0.25) is 5.02 Å². The minimum absolute atomic E-state index is 0. The van der Waals surface area contributed by atoms with Gasteiger partial charge in [0.05, 0.1) is 17.3 Å². The molecule has 3 N–H and O–H groups in total. The first kappa shape index (κ1) is 16.4. The van der Waals surface area contributed by atoms with Gasteiger partial charge in [0.15, 0.2) is 5.96 Å². The van der Waals surface area contributed by atoms with E-state index in [1.54, 1.807) is 12.3 Å². The Balaban J connectivity index is 0.00000256. The summed E-state index contributed by atoms with van der Waals surface area (Å²) >= 11 is 5.72. The van der Waals surface area contributed by atoms with Gasteiger partial charge in [-0.05, 0) is 18.6 Å². The number of hydrogen-bond donors (Lipinski definition) is 2. The van der Waals surface area contributed by atoms with E-state index in [0.717, 1.165) is 25.1 Å². The molecule has 0 atom stereocenters. The SMILES string of the molecule is CCCCNC(N)=NCc1ccc(Cl)cn1.I. The molecule has 0 radical (unpaired) electrons. The number of nitrogens with two attached hydrogens (primary N) is 1. The van der Waals surface area contributed by atoms with Gasteiger partial charge in [0.25, 0.3) is 0 Å². The number of unbranched alkanes of at least 4 members (excludes halogenated alkanes) is 1. The van der Waals surface area contributed by atoms with Crippen LogP contribution in [0.15, 0.2) is 23.3 Å². The molecule has 1 heterocycles. The Bertz CT molecular complexity index is 340. The molecule has 17 heavy (non-hydrogen) atoms. The predicted octanol–water partition coefficient (Wildman–Crippen LogP) is 2.56. The maximum Gasteiger partial charge on any atom is 0.188 e. The monoisotopic (exact) mass is 368 g/mol. The lowest BCUT2D eigenvalue weighted by molar-refractivity contribution is 0.747. The van der Waals surface area contributed by atoms with Crippen LogP contribution < -0.4 is 11.1 Å². The number of aliphatic imine (C=N–C) groups is 1. The minimum Gasteiger partial charge on any atom is -0.370 e. The Labute approximate surface area is 124 Å². The number of nitrogens with zero attached hydrogens (tertiary/aromatic N) is 2. The molecular formula is C11H18ClIN4. The predicted molar refractivity (Wildman–Crippen MR) is 82.9 cm³/mol. The molecule has 0 unspecified atom stereocenters. The van der Waals surface area contributed by atoms with Gasteiger partial charge in [-0.3, -0.25) is 4.98 Å². The molecule has 1 aromatic heterocycles. The number of hydrogen-bond acceptors (Lipinski definition) is 2. The fraction of sp³-hybridized carbons (Fsp3) is 0.455. The lowest BCUT2D eigenvalue weighted by Crippen LogP contribution is -2.32. The van der Waals surface area contributed by atoms with Crippen molar-refractivity contribution in [2.24, 2.45) is 10.7 Å². The van der Waals surface area contributed by atoms with Gasteiger partial charge in [-0.1, -0.05) is 24.9 Å². The van der Waals surface area contributed by atoms with Crippen LogP contribution in [-0.2, 0) is 6.54 Å². The Kier molecular flexibility index (Phi) is 9.16. The lowest BCUT2D eigenvalue weighted by Gasteiger charge is -2.03. The van der Waals surface area contributed by atoms with Gasteiger partial charge >= 0.3 is 0 Å². The molecule has 0 amide bonds. The normalized spacial score (nSPS) is 10.8. The summed E-state index contributed by atoms with van der Waals surface area (Å²) in [6.07, 6.45) is 3.83. The molecule has 0 fully saturated rings. The fourth-order valence-electron chi connectivity index (χ4n) is 1.12. The average molecular weight is 369 g/mol. The molecule has 0 aliphatic rings. The van der Waals surface area contributed by atoms with Crippen LogP contribution in [-0.4, -0.2) is 17.5 Å². The van der Waals surface area contributed by atoms with E-state index in [9.17, 15) is 0 Å². The Morgan fingerprint density at radius 2 is 2.29 bits per heavy atom. The van der Waals surface area contributed by atoms with E-state index < -0.39 is 0 Å². The summed E-state index contributed by atoms with van der Waals surface area (Å²) in [6, 6.07) is 3.63. The first-order valence-electron chi connectivity index (χ1n) is 5.36. The van der Waals surface area contributed by atoms with Crippen molar-refractivity contribution in [2.75, 3.05) is 6.54 Å². The Morgan fingerprint density at radius 3 is 2.88 bits per heavy atom. The van der Waals surface area contributed by atoms with Gasteiger partial charge in [0.2, 0.25) is 0 Å². The zero-order valence-electron chi connectivity index (χ0n) is 9.82. The van der Waals surface area contributed by atoms with Crippen molar-refractivity contribution in [3.05, 3.63) is 29.0 Å². The first-order valence-corrected chi connectivity index (χ1v) is 5.74. The maximum atomic E-state index is 5.72. The van der Waals surface area contributed by atoms with Gasteiger partial charge in [-0.15, -0.1) is 24.0 Å². The molecule has 0 saturated carbocycles. The summed E-state index contributed by atoms with van der Waals surface area (Å²) in [5, 5.41) is 3.67. The molecule has 0 bridgehead atoms. The van der Waals surface area contributed by atoms with Gasteiger partial charge < -0.3 is 11.1 Å². The third-order valence-corrected chi connectivity index (χ3v) is 2.26. The van der Waals surface area contributed by atoms with Gasteiger partial charge in [0, 0.05) is 12.7 Å². The lowest BCUT2D eigenvalue weighted by atomic mass is 10.3. The molecule has 1 rings (SSSR count). The minimum atomic E-state index is 0. The maximum absolute atomic E-state index is 5.72. The molecule has 0 spiro atoms. The largest absolute Gasteiger partial charge is 0.370 e. The second-order valence-corrected chi connectivity index (χ2v) is 3.89. The molecule has 0 aliphatic heterocycles. The van der Waals surface area contributed by atoms with Crippen LogP contribution in [0.4, 0.5) is 0 Å². The standard InChI is InChI=1S/C11H17ClN4.HI/c1-2-3-6-14-11(13)16-8-10-5-4-9(12)7-15-10;/h4-5,7H,2-3,6,8H2,1H3,(H3,13,14,16);1H. The van der Waals surface area contributed by atoms with Crippen molar-refractivity contribution in [2.45, 2.75) is 26.3 Å². The molecule has 0 saturated heterocycles. The van der Waals surface area contributed by atoms with Crippen molar-refractivity contribution in [3.63, 3.8) is 0 Å². The molecule has 96 valence electrons. The van der Waals surface area contributed by atoms with E-state index in [1.165, 1.54) is 0 Å². The summed E-state index contributed by atoms with van der Waals surface area (Å²) in [4.78, 5) is 8.30. The third kappa shape index (κ3) is 7.38. The molecule has 1 aromatic rings. The fourth-order valence-corrected chi connectivity index (χ4v) is 1.23. The highest BCUT2D eigenvalue weighted by Crippen LogP contribution is 2.06. The molecule has 4 nitrogen and oxygen atoms in total. The summed E-state index contributed by atoms with van der Waals surface area (Å²) in [5.74, 6) is 0.463. The molecular weight excluding hydrogens is 351 g/mol. The van der Waals surface area contributed by atoms with E-state index in [-0.39, 0.29) is 24.0 Å². The van der Waals surface area contributed by atoms with E-state index in [2.05, 4.69) is 22.2 Å². The van der Waals surface area contributed by atoms with Crippen molar-refractivity contribution in [1.29, 1.82) is 0 Å². The van der Waals surface area contributed by atoms with Crippen LogP contribution in [0.1, 0.15) is 25.5 Å². The second kappa shape index (κ2) is 9.47. The smallest absolute Gasteiger partial charge is 0.188 e. The number of aromatic nitrogens is 1. The highest BCUT2D eigenvalue weighted by molar-refractivity contribution is 14.0. The molecule has 6 heteroatoms. The van der Waals surface area contributed by atoms with E-state index >= 15 is 0 Å². The van der Waals surface area contributed by atoms with Crippen molar-refractivity contribution in [3.8, 4) is 0 Å². The summed E-state index contributed by atoms with van der Waals surface area (Å²) in [5.41, 5.74) is 6.53. The van der Waals surface area contributed by atoms with Crippen molar-refractivity contribution in [1.82, 2.24) is 10.3 Å². The van der Waals surface area contributed by atoms with Crippen molar-refractivity contribution >= 4 is 41.5 Å². The number of pyridine rings is 1. The Morgan fingerprint density at radius 1 is 1.53 bits per heavy atom. The first-order chi connectivity index (χ1) is 7.72. The van der Waals surface area contributed by atoms with Crippen LogP contribution >= 0.6 is 35.6 Å². The molecule has 0 aliphatic carbocycles. The summed E-state index contributed by atoms with van der Waals surface area (Å²) in [6.45, 7) is 3.47. The van der Waals surface area contributed by atoms with Gasteiger partial charge in [-0.25, -0.2) is 4.99 Å². The third-order valence-electron chi connectivity index (χ3n) is 2.04. The number of guanidine groups is 1. The topological polar surface area (TPSA) is 63.3 Å². The Hall–Kier alpha value is -0.560. The average Bonchev–Trinajstić information content (AvgIpc) is 2.29. The number of halogens is 2. The van der Waals surface area contributed by atoms with Crippen LogP contribution in [0, 0.1) is 0 Å². The zero-order valence-corrected chi connectivity index (χ0v) is 12.9. The van der Waals surface area contributed by atoms with E-state index in [1.807, 2.05) is 6.07 Å². The zero-order chi connectivity index (χ0) is 11.8. The second-order valence-electron chi connectivity index (χ2n) is 3.45. The van der Waals surface area contributed by atoms with Crippen molar-refractivity contribution < 1.29 is 0 Å².